The summed E-state index contributed by atoms with van der Waals surface area (Å²) in [5.41, 5.74) is 6.14. The van der Waals surface area contributed by atoms with E-state index in [1.54, 1.807) is 0 Å². The van der Waals surface area contributed by atoms with E-state index in [0.29, 0.717) is 11.8 Å². The molecule has 0 saturated carbocycles. The maximum absolute atomic E-state index is 12.0. The number of hydrogen-bond acceptors (Lipinski definition) is 4. The molecule has 0 spiro atoms. The lowest BCUT2D eigenvalue weighted by atomic mass is 9.90. The summed E-state index contributed by atoms with van der Waals surface area (Å²) in [5.74, 6) is 1.50. The van der Waals surface area contributed by atoms with E-state index in [-0.39, 0.29) is 11.3 Å². The van der Waals surface area contributed by atoms with Gasteiger partial charge in [0, 0.05) is 17.5 Å². The standard InChI is InChI=1S/C13H24N2O.C9H7F3O/c1-4-6-11(8-7-10(3)5-2)12-9-13(14)16-15-12;1-6(13)7-2-4-8(5-3-7)9(10,11)12/h9-11H,4-8,14H2,1-3H3;2-5H,1H3. The smallest absolute Gasteiger partial charge is 0.368 e. The second kappa shape index (κ2) is 11.6. The van der Waals surface area contributed by atoms with Gasteiger partial charge in [0.2, 0.25) is 5.88 Å². The minimum Gasteiger partial charge on any atom is -0.368 e. The molecule has 0 aliphatic carbocycles. The minimum absolute atomic E-state index is 0.242. The molecule has 4 nitrogen and oxygen atoms in total. The van der Waals surface area contributed by atoms with Crippen LogP contribution in [0.1, 0.15) is 87.3 Å². The number of nitrogen functional groups attached to an aromatic ring is 1. The van der Waals surface area contributed by atoms with E-state index in [4.69, 9.17) is 10.3 Å². The molecule has 0 saturated heterocycles. The molecule has 7 heteroatoms. The Bertz CT molecular complexity index is 739. The Balaban J connectivity index is 0.000000296. The van der Waals surface area contributed by atoms with Crippen molar-refractivity contribution in [3.63, 3.8) is 0 Å². The van der Waals surface area contributed by atoms with E-state index in [9.17, 15) is 18.0 Å². The molecular formula is C22H31F3N2O2. The van der Waals surface area contributed by atoms with E-state index >= 15 is 0 Å². The van der Waals surface area contributed by atoms with Crippen molar-refractivity contribution in [2.24, 2.45) is 5.92 Å². The van der Waals surface area contributed by atoms with Crippen LogP contribution in [-0.4, -0.2) is 10.9 Å². The lowest BCUT2D eigenvalue weighted by Gasteiger charge is -2.15. The number of nitrogens with zero attached hydrogens (tertiary/aromatic N) is 1. The van der Waals surface area contributed by atoms with Gasteiger partial charge in [-0.1, -0.05) is 57.3 Å². The summed E-state index contributed by atoms with van der Waals surface area (Å²) in [6.07, 6.45) is 1.71. The number of anilines is 1. The third-order valence-corrected chi connectivity index (χ3v) is 4.93. The SMILES string of the molecule is CC(=O)c1ccc(C(F)(F)F)cc1.CCCC(CCC(C)CC)c1cc(N)on1. The molecule has 0 aliphatic rings. The molecule has 1 heterocycles. The molecule has 29 heavy (non-hydrogen) atoms. The van der Waals surface area contributed by atoms with Gasteiger partial charge in [-0.3, -0.25) is 4.79 Å². The van der Waals surface area contributed by atoms with Crippen LogP contribution < -0.4 is 5.73 Å². The Morgan fingerprint density at radius 3 is 2.17 bits per heavy atom. The maximum Gasteiger partial charge on any atom is 0.416 e. The van der Waals surface area contributed by atoms with E-state index in [1.165, 1.54) is 51.2 Å². The average molecular weight is 412 g/mol. The molecule has 0 radical (unpaired) electrons. The lowest BCUT2D eigenvalue weighted by molar-refractivity contribution is -0.137. The summed E-state index contributed by atoms with van der Waals surface area (Å²) in [6, 6.07) is 6.01. The third-order valence-electron chi connectivity index (χ3n) is 4.93. The molecule has 2 N–H and O–H groups in total. The zero-order valence-corrected chi connectivity index (χ0v) is 17.6. The topological polar surface area (TPSA) is 69.1 Å². The van der Waals surface area contributed by atoms with Crippen molar-refractivity contribution in [1.82, 2.24) is 5.16 Å². The number of carbonyl (C=O) groups excluding carboxylic acids is 1. The van der Waals surface area contributed by atoms with Gasteiger partial charge < -0.3 is 10.3 Å². The summed E-state index contributed by atoms with van der Waals surface area (Å²) < 4.78 is 41.1. The van der Waals surface area contributed by atoms with Crippen LogP contribution in [0.15, 0.2) is 34.9 Å². The number of nitrogens with two attached hydrogens (primary N) is 1. The van der Waals surface area contributed by atoms with Crippen LogP contribution in [0.2, 0.25) is 0 Å². The van der Waals surface area contributed by atoms with Gasteiger partial charge >= 0.3 is 6.18 Å². The number of benzene rings is 1. The molecule has 1 aromatic carbocycles. The van der Waals surface area contributed by atoms with Gasteiger partial charge in [0.15, 0.2) is 5.78 Å². The minimum atomic E-state index is -4.34. The second-order valence-corrected chi connectivity index (χ2v) is 7.36. The number of rotatable bonds is 8. The van der Waals surface area contributed by atoms with Gasteiger partial charge in [0.1, 0.15) is 0 Å². The first-order valence-electron chi connectivity index (χ1n) is 9.98. The molecule has 2 rings (SSSR count). The van der Waals surface area contributed by atoms with Crippen molar-refractivity contribution < 1.29 is 22.5 Å². The Hall–Kier alpha value is -2.31. The second-order valence-electron chi connectivity index (χ2n) is 7.36. The molecule has 0 bridgehead atoms. The summed E-state index contributed by atoms with van der Waals surface area (Å²) in [4.78, 5) is 10.7. The van der Waals surface area contributed by atoms with Crippen LogP contribution in [0, 0.1) is 5.92 Å². The first-order chi connectivity index (χ1) is 13.6. The number of alkyl halides is 3. The molecule has 2 unspecified atom stereocenters. The van der Waals surface area contributed by atoms with Crippen molar-refractivity contribution in [3.8, 4) is 0 Å². The fourth-order valence-electron chi connectivity index (χ4n) is 2.87. The van der Waals surface area contributed by atoms with Gasteiger partial charge in [-0.05, 0) is 37.8 Å². The zero-order chi connectivity index (χ0) is 22.0. The van der Waals surface area contributed by atoms with Crippen LogP contribution >= 0.6 is 0 Å². The molecular weight excluding hydrogens is 381 g/mol. The fourth-order valence-corrected chi connectivity index (χ4v) is 2.87. The molecule has 162 valence electrons. The number of Topliss-reactive ketones (excluding diaryl/α,β-unsaturated/α-hetero) is 1. The number of ketones is 1. The molecule has 0 amide bonds. The van der Waals surface area contributed by atoms with Gasteiger partial charge in [-0.15, -0.1) is 0 Å². The summed E-state index contributed by atoms with van der Waals surface area (Å²) in [5, 5.41) is 4.04. The molecule has 0 aliphatic heterocycles. The van der Waals surface area contributed by atoms with E-state index in [0.717, 1.165) is 23.7 Å². The molecule has 1 aromatic heterocycles. The first-order valence-corrected chi connectivity index (χ1v) is 9.98. The van der Waals surface area contributed by atoms with Gasteiger partial charge in [-0.25, -0.2) is 0 Å². The maximum atomic E-state index is 12.0. The predicted octanol–water partition coefficient (Wildman–Crippen LogP) is 6.87. The normalized spacial score (nSPS) is 13.3. The van der Waals surface area contributed by atoms with Crippen LogP contribution in [0.5, 0.6) is 0 Å². The summed E-state index contributed by atoms with van der Waals surface area (Å²) in [6.45, 7) is 8.07. The Labute approximate surface area is 170 Å². The van der Waals surface area contributed by atoms with Crippen molar-refractivity contribution in [2.75, 3.05) is 5.73 Å². The largest absolute Gasteiger partial charge is 0.416 e. The van der Waals surface area contributed by atoms with Crippen molar-refractivity contribution in [1.29, 1.82) is 0 Å². The highest BCUT2D eigenvalue weighted by molar-refractivity contribution is 5.94. The predicted molar refractivity (Wildman–Crippen MR) is 109 cm³/mol. The Morgan fingerprint density at radius 2 is 1.76 bits per heavy atom. The first kappa shape index (κ1) is 24.7. The van der Waals surface area contributed by atoms with E-state index in [1.807, 2.05) is 6.07 Å². The van der Waals surface area contributed by atoms with Crippen molar-refractivity contribution >= 4 is 11.7 Å². The van der Waals surface area contributed by atoms with Crippen LogP contribution in [0.3, 0.4) is 0 Å². The van der Waals surface area contributed by atoms with Gasteiger partial charge in [0.05, 0.1) is 11.3 Å². The van der Waals surface area contributed by atoms with Crippen LogP contribution in [-0.2, 0) is 6.18 Å². The van der Waals surface area contributed by atoms with Crippen LogP contribution in [0.25, 0.3) is 0 Å². The monoisotopic (exact) mass is 412 g/mol. The molecule has 2 aromatic rings. The third kappa shape index (κ3) is 8.71. The molecule has 0 fully saturated rings. The highest BCUT2D eigenvalue weighted by Gasteiger charge is 2.30. The highest BCUT2D eigenvalue weighted by atomic mass is 19.4. The quantitative estimate of drug-likeness (QED) is 0.480. The Kier molecular flexibility index (Phi) is 9.92. The summed E-state index contributed by atoms with van der Waals surface area (Å²) >= 11 is 0. The highest BCUT2D eigenvalue weighted by Crippen LogP contribution is 2.29. The van der Waals surface area contributed by atoms with Crippen molar-refractivity contribution in [3.05, 3.63) is 47.2 Å². The van der Waals surface area contributed by atoms with Gasteiger partial charge in [-0.2, -0.15) is 13.2 Å². The zero-order valence-electron chi connectivity index (χ0n) is 17.6. The number of halogens is 3. The lowest BCUT2D eigenvalue weighted by Crippen LogP contribution is -2.05. The van der Waals surface area contributed by atoms with E-state index < -0.39 is 11.7 Å². The van der Waals surface area contributed by atoms with E-state index in [2.05, 4.69) is 25.9 Å². The number of aromatic nitrogens is 1. The van der Waals surface area contributed by atoms with Crippen molar-refractivity contribution in [2.45, 2.75) is 71.9 Å². The van der Waals surface area contributed by atoms with Gasteiger partial charge in [0.25, 0.3) is 0 Å². The fraction of sp³-hybridized carbons (Fsp3) is 0.545. The van der Waals surface area contributed by atoms with Crippen LogP contribution in [0.4, 0.5) is 19.1 Å². The summed E-state index contributed by atoms with van der Waals surface area (Å²) in [7, 11) is 0. The number of hydrogen-bond donors (Lipinski definition) is 1. The Morgan fingerprint density at radius 1 is 1.14 bits per heavy atom. The average Bonchev–Trinajstić information content (AvgIpc) is 3.11. The molecule has 2 atom stereocenters. The number of carbonyl (C=O) groups is 1.